The summed E-state index contributed by atoms with van der Waals surface area (Å²) in [7, 11) is 0. The van der Waals surface area contributed by atoms with Crippen LogP contribution in [0, 0.1) is 5.92 Å². The molecule has 29 heavy (non-hydrogen) atoms. The number of carbonyl (C=O) groups excluding carboxylic acids is 3. The third-order valence-corrected chi connectivity index (χ3v) is 5.00. The lowest BCUT2D eigenvalue weighted by Crippen LogP contribution is -2.52. The van der Waals surface area contributed by atoms with Gasteiger partial charge in [0.2, 0.25) is 11.8 Å². The highest BCUT2D eigenvalue weighted by Gasteiger charge is 2.41. The fourth-order valence-electron chi connectivity index (χ4n) is 3.42. The van der Waals surface area contributed by atoms with Crippen LogP contribution in [0.3, 0.4) is 0 Å². The minimum atomic E-state index is -4.46. The van der Waals surface area contributed by atoms with Crippen LogP contribution in [-0.2, 0) is 31.9 Å². The fourth-order valence-corrected chi connectivity index (χ4v) is 3.42. The molecule has 10 heteroatoms. The van der Waals surface area contributed by atoms with Crippen molar-refractivity contribution in [2.45, 2.75) is 37.9 Å². The van der Waals surface area contributed by atoms with Gasteiger partial charge in [-0.25, -0.2) is 0 Å². The van der Waals surface area contributed by atoms with Gasteiger partial charge in [0.25, 0.3) is 0 Å². The molecule has 0 aromatic heterocycles. The largest absolute Gasteiger partial charge is 0.480 e. The Kier molecular flexibility index (Phi) is 5.63. The SMILES string of the molecule is O=C(O)CNC(=O)C1C(=O)CCN(Cc2ccc(C(F)(F)F)c(C3CC3)c2)C1=O. The highest BCUT2D eigenvalue weighted by Crippen LogP contribution is 2.46. The number of hydrogen-bond acceptors (Lipinski definition) is 4. The molecule has 2 amide bonds. The second kappa shape index (κ2) is 7.84. The third kappa shape index (κ3) is 4.75. The van der Waals surface area contributed by atoms with Gasteiger partial charge in [-0.05, 0) is 36.0 Å². The van der Waals surface area contributed by atoms with Crippen LogP contribution in [0.5, 0.6) is 0 Å². The molecule has 1 saturated heterocycles. The molecule has 0 radical (unpaired) electrons. The first kappa shape index (κ1) is 20.8. The van der Waals surface area contributed by atoms with Gasteiger partial charge in [-0.1, -0.05) is 12.1 Å². The third-order valence-electron chi connectivity index (χ3n) is 5.00. The summed E-state index contributed by atoms with van der Waals surface area (Å²) in [6.07, 6.45) is -3.20. The number of carbonyl (C=O) groups is 4. The molecule has 2 fully saturated rings. The van der Waals surface area contributed by atoms with E-state index in [4.69, 9.17) is 5.11 Å². The molecule has 1 aliphatic heterocycles. The van der Waals surface area contributed by atoms with Crippen molar-refractivity contribution in [1.82, 2.24) is 10.2 Å². The van der Waals surface area contributed by atoms with Gasteiger partial charge in [-0.3, -0.25) is 19.2 Å². The number of carboxylic acid groups (broad SMARTS) is 1. The normalized spacial score (nSPS) is 20.0. The van der Waals surface area contributed by atoms with Gasteiger partial charge in [0, 0.05) is 19.5 Å². The molecule has 3 rings (SSSR count). The van der Waals surface area contributed by atoms with Crippen LogP contribution in [0.4, 0.5) is 13.2 Å². The minimum absolute atomic E-state index is 0.0350. The second-order valence-corrected chi connectivity index (χ2v) is 7.21. The first-order valence-corrected chi connectivity index (χ1v) is 9.09. The van der Waals surface area contributed by atoms with Crippen molar-refractivity contribution in [3.8, 4) is 0 Å². The Morgan fingerprint density at radius 1 is 1.21 bits per heavy atom. The van der Waals surface area contributed by atoms with Crippen molar-refractivity contribution in [3.63, 3.8) is 0 Å². The summed E-state index contributed by atoms with van der Waals surface area (Å²) in [5.74, 6) is -5.49. The minimum Gasteiger partial charge on any atom is -0.480 e. The number of likely N-dealkylation sites (tertiary alicyclic amines) is 1. The van der Waals surface area contributed by atoms with Crippen LogP contribution in [-0.4, -0.2) is 46.7 Å². The number of alkyl halides is 3. The molecule has 1 aromatic rings. The maximum Gasteiger partial charge on any atom is 0.416 e. The lowest BCUT2D eigenvalue weighted by molar-refractivity contribution is -0.152. The van der Waals surface area contributed by atoms with Crippen LogP contribution in [0.15, 0.2) is 18.2 Å². The van der Waals surface area contributed by atoms with Crippen molar-refractivity contribution in [3.05, 3.63) is 34.9 Å². The maximum atomic E-state index is 13.2. The molecule has 156 valence electrons. The van der Waals surface area contributed by atoms with Gasteiger partial charge >= 0.3 is 12.1 Å². The topological polar surface area (TPSA) is 104 Å². The number of benzene rings is 1. The molecule has 2 N–H and O–H groups in total. The smallest absolute Gasteiger partial charge is 0.416 e. The number of ketones is 1. The Morgan fingerprint density at radius 3 is 2.48 bits per heavy atom. The van der Waals surface area contributed by atoms with Crippen LogP contribution >= 0.6 is 0 Å². The molecule has 1 saturated carbocycles. The van der Waals surface area contributed by atoms with Crippen molar-refractivity contribution in [2.24, 2.45) is 5.92 Å². The zero-order valence-electron chi connectivity index (χ0n) is 15.3. The Hall–Kier alpha value is -2.91. The summed E-state index contributed by atoms with van der Waals surface area (Å²) in [5.41, 5.74) is -0.00611. The summed E-state index contributed by atoms with van der Waals surface area (Å²) in [6, 6.07) is 3.72. The molecule has 0 spiro atoms. The van der Waals surface area contributed by atoms with E-state index in [1.807, 2.05) is 5.32 Å². The van der Waals surface area contributed by atoms with E-state index in [1.54, 1.807) is 0 Å². The van der Waals surface area contributed by atoms with E-state index < -0.39 is 47.8 Å². The number of halogens is 3. The first-order valence-electron chi connectivity index (χ1n) is 9.09. The number of nitrogens with one attached hydrogen (secondary N) is 1. The van der Waals surface area contributed by atoms with E-state index >= 15 is 0 Å². The number of aliphatic carboxylic acids is 1. The summed E-state index contributed by atoms with van der Waals surface area (Å²) < 4.78 is 39.6. The Balaban J connectivity index is 1.77. The van der Waals surface area contributed by atoms with Crippen molar-refractivity contribution < 1.29 is 37.5 Å². The Bertz CT molecular complexity index is 864. The molecular formula is C19H19F3N2O5. The number of amides is 2. The molecule has 1 aliphatic carbocycles. The number of nitrogens with zero attached hydrogens (tertiary/aromatic N) is 1. The predicted octanol–water partition coefficient (Wildman–Crippen LogP) is 1.70. The average molecular weight is 412 g/mol. The lowest BCUT2D eigenvalue weighted by Gasteiger charge is -2.31. The fraction of sp³-hybridized carbons (Fsp3) is 0.474. The van der Waals surface area contributed by atoms with Gasteiger partial charge in [-0.15, -0.1) is 0 Å². The van der Waals surface area contributed by atoms with Gasteiger partial charge in [0.1, 0.15) is 6.54 Å². The molecule has 7 nitrogen and oxygen atoms in total. The van der Waals surface area contributed by atoms with Crippen molar-refractivity contribution in [1.29, 1.82) is 0 Å². The second-order valence-electron chi connectivity index (χ2n) is 7.21. The summed E-state index contributed by atoms with van der Waals surface area (Å²) in [5, 5.41) is 10.6. The number of carboxylic acids is 1. The van der Waals surface area contributed by atoms with Gasteiger partial charge < -0.3 is 15.3 Å². The Labute approximate surface area is 163 Å². The van der Waals surface area contributed by atoms with Crippen LogP contribution in [0.25, 0.3) is 0 Å². The van der Waals surface area contributed by atoms with Gasteiger partial charge in [0.05, 0.1) is 5.56 Å². The highest BCUT2D eigenvalue weighted by molar-refractivity contribution is 6.19. The molecular weight excluding hydrogens is 393 g/mol. The van der Waals surface area contributed by atoms with Crippen molar-refractivity contribution in [2.75, 3.05) is 13.1 Å². The monoisotopic (exact) mass is 412 g/mol. The molecule has 1 heterocycles. The van der Waals surface area contributed by atoms with Crippen molar-refractivity contribution >= 4 is 23.6 Å². The zero-order valence-corrected chi connectivity index (χ0v) is 15.3. The molecule has 1 atom stereocenters. The summed E-state index contributed by atoms with van der Waals surface area (Å²) >= 11 is 0. The molecule has 2 aliphatic rings. The zero-order chi connectivity index (χ0) is 21.3. The Morgan fingerprint density at radius 2 is 1.90 bits per heavy atom. The van der Waals surface area contributed by atoms with Gasteiger partial charge in [0.15, 0.2) is 11.7 Å². The van der Waals surface area contributed by atoms with E-state index in [0.717, 1.165) is 6.07 Å². The van der Waals surface area contributed by atoms with Crippen LogP contribution < -0.4 is 5.32 Å². The van der Waals surface area contributed by atoms with Gasteiger partial charge in [-0.2, -0.15) is 13.2 Å². The standard InChI is InChI=1S/C19H19F3N2O5/c20-19(21,22)13-4-1-10(7-12(13)11-2-3-11)9-24-6-5-14(25)16(18(24)29)17(28)23-8-15(26)27/h1,4,7,11,16H,2-3,5-6,8-9H2,(H,23,28)(H,26,27). The van der Waals surface area contributed by atoms with E-state index in [0.29, 0.717) is 18.4 Å². The van der Waals surface area contributed by atoms with Crippen LogP contribution in [0.1, 0.15) is 41.9 Å². The molecule has 1 aromatic carbocycles. The van der Waals surface area contributed by atoms with E-state index in [9.17, 15) is 32.3 Å². The number of hydrogen-bond donors (Lipinski definition) is 2. The molecule has 1 unspecified atom stereocenters. The van der Waals surface area contributed by atoms with E-state index in [1.165, 1.54) is 17.0 Å². The van der Waals surface area contributed by atoms with E-state index in [2.05, 4.69) is 0 Å². The summed E-state index contributed by atoms with van der Waals surface area (Å²) in [4.78, 5) is 48.5. The molecule has 0 bridgehead atoms. The quantitative estimate of drug-likeness (QED) is 0.693. The first-order chi connectivity index (χ1) is 13.6. The number of rotatable bonds is 6. The number of piperidine rings is 1. The van der Waals surface area contributed by atoms with E-state index in [-0.39, 0.29) is 31.0 Å². The lowest BCUT2D eigenvalue weighted by atomic mass is 9.93. The maximum absolute atomic E-state index is 13.2. The average Bonchev–Trinajstić information content (AvgIpc) is 3.46. The summed E-state index contributed by atoms with van der Waals surface area (Å²) in [6.45, 7) is -0.716. The van der Waals surface area contributed by atoms with Crippen LogP contribution in [0.2, 0.25) is 0 Å². The number of Topliss-reactive ketones (excluding diaryl/α,β-unsaturated/α-hetero) is 1. The highest BCUT2D eigenvalue weighted by atomic mass is 19.4. The predicted molar refractivity (Wildman–Crippen MR) is 92.6 cm³/mol.